The van der Waals surface area contributed by atoms with Gasteiger partial charge < -0.3 is 5.11 Å². The molecule has 5 nitrogen and oxygen atoms in total. The van der Waals surface area contributed by atoms with E-state index in [0.29, 0.717) is 11.8 Å². The molecule has 0 bridgehead atoms. The van der Waals surface area contributed by atoms with Crippen LogP contribution in [0, 0.1) is 12.7 Å². The average molecular weight is 294 g/mol. The lowest BCUT2D eigenvalue weighted by atomic mass is 10.0. The standard InChI is InChI=1S/C13H15FN4OS/c1-8-6-9(14)2-5-11(8)12(19)7-20-13-15-16-17-18(13)10-3-4-10/h2,5-6,10,12,19H,3-4,7H2,1H3. The molecule has 2 aromatic rings. The maximum Gasteiger partial charge on any atom is 0.209 e. The Morgan fingerprint density at radius 2 is 2.30 bits per heavy atom. The van der Waals surface area contributed by atoms with E-state index in [4.69, 9.17) is 0 Å². The Bertz CT molecular complexity index is 614. The SMILES string of the molecule is Cc1cc(F)ccc1C(O)CSc1nnnn1C1CC1. The summed E-state index contributed by atoms with van der Waals surface area (Å²) in [7, 11) is 0. The Kier molecular flexibility index (Phi) is 3.71. The monoisotopic (exact) mass is 294 g/mol. The third kappa shape index (κ3) is 2.83. The number of hydrogen-bond acceptors (Lipinski definition) is 5. The van der Waals surface area contributed by atoms with Gasteiger partial charge in [-0.05, 0) is 53.5 Å². The van der Waals surface area contributed by atoms with Crippen LogP contribution in [-0.4, -0.2) is 31.1 Å². The summed E-state index contributed by atoms with van der Waals surface area (Å²) < 4.78 is 14.9. The van der Waals surface area contributed by atoms with Crippen molar-refractivity contribution in [1.29, 1.82) is 0 Å². The number of tetrazole rings is 1. The lowest BCUT2D eigenvalue weighted by molar-refractivity contribution is 0.203. The van der Waals surface area contributed by atoms with Crippen LogP contribution in [0.25, 0.3) is 0 Å². The molecule has 0 spiro atoms. The van der Waals surface area contributed by atoms with E-state index in [-0.39, 0.29) is 5.82 Å². The van der Waals surface area contributed by atoms with Crippen molar-refractivity contribution in [3.05, 3.63) is 35.1 Å². The Balaban J connectivity index is 1.66. The second-order valence-corrected chi connectivity index (χ2v) is 5.95. The number of rotatable bonds is 5. The largest absolute Gasteiger partial charge is 0.388 e. The van der Waals surface area contributed by atoms with Gasteiger partial charge >= 0.3 is 0 Å². The zero-order valence-corrected chi connectivity index (χ0v) is 11.8. The first kappa shape index (κ1) is 13.5. The van der Waals surface area contributed by atoms with E-state index in [1.165, 1.54) is 23.9 Å². The molecule has 1 saturated carbocycles. The van der Waals surface area contributed by atoms with Gasteiger partial charge in [-0.15, -0.1) is 5.10 Å². The molecule has 0 amide bonds. The van der Waals surface area contributed by atoms with Crippen LogP contribution in [-0.2, 0) is 0 Å². The van der Waals surface area contributed by atoms with E-state index < -0.39 is 6.10 Å². The molecule has 7 heteroatoms. The first-order valence-corrected chi connectivity index (χ1v) is 7.48. The summed E-state index contributed by atoms with van der Waals surface area (Å²) in [5.74, 6) is 0.156. The van der Waals surface area contributed by atoms with Gasteiger partial charge in [0, 0.05) is 5.75 Å². The molecule has 1 unspecified atom stereocenters. The number of nitrogens with zero attached hydrogens (tertiary/aromatic N) is 4. The number of thioether (sulfide) groups is 1. The van der Waals surface area contributed by atoms with Crippen LogP contribution >= 0.6 is 11.8 Å². The van der Waals surface area contributed by atoms with Crippen LogP contribution < -0.4 is 0 Å². The fraction of sp³-hybridized carbons (Fsp3) is 0.462. The van der Waals surface area contributed by atoms with Gasteiger partial charge in [-0.3, -0.25) is 0 Å². The normalized spacial score (nSPS) is 16.4. The van der Waals surface area contributed by atoms with Gasteiger partial charge in [0.15, 0.2) is 0 Å². The lowest BCUT2D eigenvalue weighted by Crippen LogP contribution is -2.05. The van der Waals surface area contributed by atoms with Crippen molar-refractivity contribution in [2.45, 2.75) is 37.1 Å². The van der Waals surface area contributed by atoms with Gasteiger partial charge in [-0.1, -0.05) is 17.8 Å². The van der Waals surface area contributed by atoms with Crippen LogP contribution in [0.5, 0.6) is 0 Å². The van der Waals surface area contributed by atoms with E-state index >= 15 is 0 Å². The highest BCUT2D eigenvalue weighted by Crippen LogP contribution is 2.37. The second kappa shape index (κ2) is 5.49. The molecule has 1 heterocycles. The Morgan fingerprint density at radius 1 is 1.50 bits per heavy atom. The maximum absolute atomic E-state index is 13.1. The molecule has 3 rings (SSSR count). The molecule has 1 aromatic carbocycles. The zero-order chi connectivity index (χ0) is 14.1. The number of halogens is 1. The summed E-state index contributed by atoms with van der Waals surface area (Å²) in [6.45, 7) is 1.79. The van der Waals surface area contributed by atoms with Crippen LogP contribution in [0.15, 0.2) is 23.4 Å². The first-order chi connectivity index (χ1) is 9.65. The number of aryl methyl sites for hydroxylation is 1. The van der Waals surface area contributed by atoms with E-state index in [1.54, 1.807) is 13.0 Å². The summed E-state index contributed by atoms with van der Waals surface area (Å²) in [5.41, 5.74) is 1.49. The van der Waals surface area contributed by atoms with E-state index in [9.17, 15) is 9.50 Å². The van der Waals surface area contributed by atoms with Crippen LogP contribution in [0.2, 0.25) is 0 Å². The van der Waals surface area contributed by atoms with Gasteiger partial charge in [0.2, 0.25) is 5.16 Å². The van der Waals surface area contributed by atoms with Crippen molar-refractivity contribution >= 4 is 11.8 Å². The van der Waals surface area contributed by atoms with Crippen molar-refractivity contribution in [3.63, 3.8) is 0 Å². The fourth-order valence-corrected chi connectivity index (χ4v) is 2.98. The minimum atomic E-state index is -0.662. The Morgan fingerprint density at radius 3 is 3.00 bits per heavy atom. The molecule has 1 N–H and O–H groups in total. The van der Waals surface area contributed by atoms with Gasteiger partial charge in [0.25, 0.3) is 0 Å². The molecule has 1 aliphatic rings. The van der Waals surface area contributed by atoms with Gasteiger partial charge in [-0.25, -0.2) is 9.07 Å². The van der Waals surface area contributed by atoms with Crippen molar-refractivity contribution in [1.82, 2.24) is 20.2 Å². The van der Waals surface area contributed by atoms with E-state index in [1.807, 2.05) is 4.68 Å². The quantitative estimate of drug-likeness (QED) is 0.857. The molecule has 0 aliphatic heterocycles. The van der Waals surface area contributed by atoms with Crippen LogP contribution in [0.4, 0.5) is 4.39 Å². The Hall–Kier alpha value is -1.47. The predicted octanol–water partition coefficient (Wildman–Crippen LogP) is 2.28. The average Bonchev–Trinajstić information content (AvgIpc) is 3.15. The molecular weight excluding hydrogens is 279 g/mol. The third-order valence-corrected chi connectivity index (χ3v) is 4.33. The van der Waals surface area contributed by atoms with E-state index in [2.05, 4.69) is 15.5 Å². The topological polar surface area (TPSA) is 63.8 Å². The molecule has 1 aliphatic carbocycles. The summed E-state index contributed by atoms with van der Waals surface area (Å²) in [6, 6.07) is 4.83. The van der Waals surface area contributed by atoms with E-state index in [0.717, 1.165) is 29.1 Å². The van der Waals surface area contributed by atoms with Gasteiger partial charge in [-0.2, -0.15) is 0 Å². The first-order valence-electron chi connectivity index (χ1n) is 6.50. The van der Waals surface area contributed by atoms with Crippen LogP contribution in [0.3, 0.4) is 0 Å². The molecule has 1 fully saturated rings. The van der Waals surface area contributed by atoms with Crippen LogP contribution in [0.1, 0.15) is 36.1 Å². The summed E-state index contributed by atoms with van der Waals surface area (Å²) in [5, 5.41) is 22.6. The molecule has 1 atom stereocenters. The molecule has 20 heavy (non-hydrogen) atoms. The molecule has 106 valence electrons. The Labute approximate surface area is 120 Å². The third-order valence-electron chi connectivity index (χ3n) is 3.32. The lowest BCUT2D eigenvalue weighted by Gasteiger charge is -2.13. The zero-order valence-electron chi connectivity index (χ0n) is 11.0. The number of hydrogen-bond donors (Lipinski definition) is 1. The summed E-state index contributed by atoms with van der Waals surface area (Å²) >= 11 is 1.42. The van der Waals surface area contributed by atoms with Gasteiger partial charge in [0.1, 0.15) is 5.82 Å². The number of aliphatic hydroxyl groups excluding tert-OH is 1. The summed E-state index contributed by atoms with van der Waals surface area (Å²) in [6.07, 6.45) is 1.56. The number of aliphatic hydroxyl groups is 1. The minimum absolute atomic E-state index is 0.288. The van der Waals surface area contributed by atoms with Crippen molar-refractivity contribution in [2.24, 2.45) is 0 Å². The highest BCUT2D eigenvalue weighted by atomic mass is 32.2. The molecular formula is C13H15FN4OS. The number of aromatic nitrogens is 4. The predicted molar refractivity (Wildman–Crippen MR) is 72.9 cm³/mol. The maximum atomic E-state index is 13.1. The molecule has 0 saturated heterocycles. The second-order valence-electron chi connectivity index (χ2n) is 4.96. The smallest absolute Gasteiger partial charge is 0.209 e. The van der Waals surface area contributed by atoms with Crippen molar-refractivity contribution in [2.75, 3.05) is 5.75 Å². The minimum Gasteiger partial charge on any atom is -0.388 e. The number of benzene rings is 1. The fourth-order valence-electron chi connectivity index (χ4n) is 2.08. The summed E-state index contributed by atoms with van der Waals surface area (Å²) in [4.78, 5) is 0. The molecule has 0 radical (unpaired) electrons. The van der Waals surface area contributed by atoms with Crippen molar-refractivity contribution in [3.8, 4) is 0 Å². The molecule has 1 aromatic heterocycles. The van der Waals surface area contributed by atoms with Gasteiger partial charge in [0.05, 0.1) is 12.1 Å². The highest BCUT2D eigenvalue weighted by molar-refractivity contribution is 7.99. The highest BCUT2D eigenvalue weighted by Gasteiger charge is 2.28. The van der Waals surface area contributed by atoms with Crippen molar-refractivity contribution < 1.29 is 9.50 Å².